The number of hydrogen-bond donors (Lipinski definition) is 1. The van der Waals surface area contributed by atoms with Gasteiger partial charge in [-0.25, -0.2) is 0 Å². The van der Waals surface area contributed by atoms with Crippen LogP contribution < -0.4 is 5.73 Å². The number of rotatable bonds is 4. The second-order valence-electron chi connectivity index (χ2n) is 3.25. The first-order chi connectivity index (χ1) is 8.16. The first kappa shape index (κ1) is 11.6. The first-order valence-corrected chi connectivity index (χ1v) is 5.75. The van der Waals surface area contributed by atoms with Crippen LogP contribution in [-0.4, -0.2) is 26.3 Å². The molecule has 2 rings (SSSR count). The van der Waals surface area contributed by atoms with Crippen LogP contribution in [0.4, 0.5) is 0 Å². The fourth-order valence-electron chi connectivity index (χ4n) is 1.06. The van der Waals surface area contributed by atoms with Crippen molar-refractivity contribution in [3.8, 4) is 11.6 Å². The highest BCUT2D eigenvalue weighted by molar-refractivity contribution is 8.00. The van der Waals surface area contributed by atoms with Crippen LogP contribution in [0.2, 0.25) is 0 Å². The normalized spacial score (nSPS) is 12.3. The van der Waals surface area contributed by atoms with Gasteiger partial charge in [-0.1, -0.05) is 17.8 Å². The van der Waals surface area contributed by atoms with Crippen molar-refractivity contribution < 1.29 is 9.21 Å². The molecule has 0 aliphatic heterocycles. The van der Waals surface area contributed by atoms with E-state index in [0.717, 1.165) is 11.8 Å². The molecule has 0 saturated heterocycles. The van der Waals surface area contributed by atoms with Crippen molar-refractivity contribution in [2.24, 2.45) is 5.73 Å². The molecule has 2 N–H and O–H groups in total. The number of aromatic nitrogens is 3. The molecule has 0 bridgehead atoms. The van der Waals surface area contributed by atoms with Gasteiger partial charge >= 0.3 is 0 Å². The molecule has 0 aliphatic rings. The Morgan fingerprint density at radius 3 is 2.94 bits per heavy atom. The van der Waals surface area contributed by atoms with E-state index >= 15 is 0 Å². The summed E-state index contributed by atoms with van der Waals surface area (Å²) in [6.45, 7) is 1.68. The van der Waals surface area contributed by atoms with Gasteiger partial charge in [0.05, 0.1) is 5.25 Å². The SMILES string of the molecule is CC(Sc1nnc(-c2ccccn2)o1)C(N)=O. The predicted molar refractivity (Wildman–Crippen MR) is 62.0 cm³/mol. The van der Waals surface area contributed by atoms with E-state index in [1.807, 2.05) is 6.07 Å². The van der Waals surface area contributed by atoms with Crippen LogP contribution in [0.5, 0.6) is 0 Å². The highest BCUT2D eigenvalue weighted by Crippen LogP contribution is 2.24. The summed E-state index contributed by atoms with van der Waals surface area (Å²) in [6, 6.07) is 5.38. The van der Waals surface area contributed by atoms with Gasteiger partial charge in [-0.15, -0.1) is 10.2 Å². The van der Waals surface area contributed by atoms with Gasteiger partial charge in [0, 0.05) is 6.20 Å². The molecule has 0 aliphatic carbocycles. The maximum atomic E-state index is 10.9. The van der Waals surface area contributed by atoms with E-state index in [4.69, 9.17) is 10.2 Å². The summed E-state index contributed by atoms with van der Waals surface area (Å²) in [5, 5.41) is 7.55. The summed E-state index contributed by atoms with van der Waals surface area (Å²) < 4.78 is 5.36. The Kier molecular flexibility index (Phi) is 3.38. The van der Waals surface area contributed by atoms with Gasteiger partial charge in [0.15, 0.2) is 0 Å². The summed E-state index contributed by atoms with van der Waals surface area (Å²) in [7, 11) is 0. The smallest absolute Gasteiger partial charge is 0.277 e. The number of carbonyl (C=O) groups is 1. The van der Waals surface area contributed by atoms with Crippen molar-refractivity contribution in [1.29, 1.82) is 0 Å². The van der Waals surface area contributed by atoms with Crippen LogP contribution in [-0.2, 0) is 4.79 Å². The quantitative estimate of drug-likeness (QED) is 0.816. The topological polar surface area (TPSA) is 94.9 Å². The molecule has 2 heterocycles. The summed E-state index contributed by atoms with van der Waals surface area (Å²) in [6.07, 6.45) is 1.64. The zero-order valence-corrected chi connectivity index (χ0v) is 9.85. The van der Waals surface area contributed by atoms with Crippen molar-refractivity contribution in [2.45, 2.75) is 17.4 Å². The number of amides is 1. The Morgan fingerprint density at radius 1 is 1.47 bits per heavy atom. The van der Waals surface area contributed by atoms with Gasteiger partial charge in [-0.05, 0) is 19.1 Å². The molecule has 6 nitrogen and oxygen atoms in total. The number of hydrogen-bond acceptors (Lipinski definition) is 6. The largest absolute Gasteiger partial charge is 0.410 e. The minimum Gasteiger partial charge on any atom is -0.410 e. The Morgan fingerprint density at radius 2 is 2.29 bits per heavy atom. The molecular formula is C10H10N4O2S. The van der Waals surface area contributed by atoms with Gasteiger partial charge in [0.1, 0.15) is 5.69 Å². The molecule has 1 atom stereocenters. The van der Waals surface area contributed by atoms with Gasteiger partial charge < -0.3 is 10.2 Å². The second-order valence-corrected chi connectivity index (χ2v) is 4.54. The maximum Gasteiger partial charge on any atom is 0.277 e. The lowest BCUT2D eigenvalue weighted by molar-refractivity contribution is -0.117. The van der Waals surface area contributed by atoms with Crippen molar-refractivity contribution >= 4 is 17.7 Å². The van der Waals surface area contributed by atoms with E-state index in [1.165, 1.54) is 0 Å². The molecule has 0 aromatic carbocycles. The Hall–Kier alpha value is -1.89. The lowest BCUT2D eigenvalue weighted by Crippen LogP contribution is -2.22. The molecule has 2 aromatic heterocycles. The second kappa shape index (κ2) is 4.96. The third kappa shape index (κ3) is 2.82. The Bertz CT molecular complexity index is 514. The minimum absolute atomic E-state index is 0.303. The fourth-order valence-corrected chi connectivity index (χ4v) is 1.69. The Balaban J connectivity index is 2.14. The monoisotopic (exact) mass is 250 g/mol. The molecule has 88 valence electrons. The zero-order valence-electron chi connectivity index (χ0n) is 9.03. The number of thioether (sulfide) groups is 1. The fraction of sp³-hybridized carbons (Fsp3) is 0.200. The number of pyridine rings is 1. The average Bonchev–Trinajstić information content (AvgIpc) is 2.78. The van der Waals surface area contributed by atoms with E-state index in [1.54, 1.807) is 25.3 Å². The average molecular weight is 250 g/mol. The summed E-state index contributed by atoms with van der Waals surface area (Å²) in [5.74, 6) is -0.0997. The molecular weight excluding hydrogens is 240 g/mol. The zero-order chi connectivity index (χ0) is 12.3. The number of nitrogens with zero attached hydrogens (tertiary/aromatic N) is 3. The van der Waals surface area contributed by atoms with Crippen molar-refractivity contribution in [3.05, 3.63) is 24.4 Å². The maximum absolute atomic E-state index is 10.9. The van der Waals surface area contributed by atoms with Crippen molar-refractivity contribution in [2.75, 3.05) is 0 Å². The van der Waals surface area contributed by atoms with Crippen molar-refractivity contribution in [1.82, 2.24) is 15.2 Å². The van der Waals surface area contributed by atoms with Crippen LogP contribution >= 0.6 is 11.8 Å². The highest BCUT2D eigenvalue weighted by atomic mass is 32.2. The molecule has 0 radical (unpaired) electrons. The van der Waals surface area contributed by atoms with Crippen LogP contribution in [0.1, 0.15) is 6.92 Å². The lowest BCUT2D eigenvalue weighted by Gasteiger charge is -2.00. The Labute approximate surface area is 102 Å². The summed E-state index contributed by atoms with van der Waals surface area (Å²) in [4.78, 5) is 15.0. The molecule has 2 aromatic rings. The van der Waals surface area contributed by atoms with E-state index in [0.29, 0.717) is 16.8 Å². The molecule has 17 heavy (non-hydrogen) atoms. The van der Waals surface area contributed by atoms with Gasteiger partial charge in [-0.3, -0.25) is 9.78 Å². The van der Waals surface area contributed by atoms with Crippen molar-refractivity contribution in [3.63, 3.8) is 0 Å². The number of nitrogens with two attached hydrogens (primary N) is 1. The van der Waals surface area contributed by atoms with Crippen LogP contribution in [0.15, 0.2) is 34.0 Å². The minimum atomic E-state index is -0.424. The van der Waals surface area contributed by atoms with Gasteiger partial charge in [0.25, 0.3) is 11.1 Å². The first-order valence-electron chi connectivity index (χ1n) is 4.87. The standard InChI is InChI=1S/C10H10N4O2S/c1-6(8(11)15)17-10-14-13-9(16-10)7-4-2-3-5-12-7/h2-6H,1H3,(H2,11,15). The van der Waals surface area contributed by atoms with E-state index < -0.39 is 11.2 Å². The third-order valence-corrected chi connectivity index (χ3v) is 2.92. The van der Waals surface area contributed by atoms with Crippen LogP contribution in [0.25, 0.3) is 11.6 Å². The summed E-state index contributed by atoms with van der Waals surface area (Å²) >= 11 is 1.12. The molecule has 0 fully saturated rings. The number of carbonyl (C=O) groups excluding carboxylic acids is 1. The summed E-state index contributed by atoms with van der Waals surface area (Å²) in [5.41, 5.74) is 5.74. The lowest BCUT2D eigenvalue weighted by atomic mass is 10.3. The molecule has 1 unspecified atom stereocenters. The molecule has 0 saturated carbocycles. The van der Waals surface area contributed by atoms with E-state index in [9.17, 15) is 4.79 Å². The highest BCUT2D eigenvalue weighted by Gasteiger charge is 2.16. The molecule has 7 heteroatoms. The third-order valence-electron chi connectivity index (χ3n) is 1.97. The van der Waals surface area contributed by atoms with E-state index in [-0.39, 0.29) is 0 Å². The molecule has 0 spiro atoms. The van der Waals surface area contributed by atoms with Crippen LogP contribution in [0, 0.1) is 0 Å². The molecule has 1 amide bonds. The number of primary amides is 1. The predicted octanol–water partition coefficient (Wildman–Crippen LogP) is 1.10. The van der Waals surface area contributed by atoms with Gasteiger partial charge in [0.2, 0.25) is 5.91 Å². The van der Waals surface area contributed by atoms with Gasteiger partial charge in [-0.2, -0.15) is 0 Å². The van der Waals surface area contributed by atoms with Crippen LogP contribution in [0.3, 0.4) is 0 Å². The van der Waals surface area contributed by atoms with E-state index in [2.05, 4.69) is 15.2 Å².